The van der Waals surface area contributed by atoms with E-state index in [1.807, 2.05) is 33.5 Å². The van der Waals surface area contributed by atoms with E-state index in [0.717, 1.165) is 40.9 Å². The molecule has 0 saturated heterocycles. The minimum Gasteiger partial charge on any atom is -0.299 e. The van der Waals surface area contributed by atoms with Gasteiger partial charge in [-0.1, -0.05) is 76.2 Å². The van der Waals surface area contributed by atoms with Gasteiger partial charge in [0.15, 0.2) is 5.82 Å². The number of H-pyrrole nitrogens is 1. The molecule has 0 amide bonds. The number of tetrazole rings is 1. The standard InChI is InChI=1S/C25H30N6O/c1-17(2)13-21-16-30(14-18(3)4)25(32)31(21)15-19-9-11-20(12-10-19)22-7-5-6-8-23(22)24-26-28-29-27-24/h5-12,16-18H,13-15H2,1-4H3,(H,26,27,28,29). The van der Waals surface area contributed by atoms with Crippen LogP contribution >= 0.6 is 0 Å². The summed E-state index contributed by atoms with van der Waals surface area (Å²) >= 11 is 0. The maximum atomic E-state index is 13.1. The molecule has 0 aliphatic carbocycles. The molecule has 0 aliphatic rings. The smallest absolute Gasteiger partial charge is 0.299 e. The second-order valence-electron chi connectivity index (χ2n) is 9.13. The lowest BCUT2D eigenvalue weighted by molar-refractivity contribution is 0.503. The highest BCUT2D eigenvalue weighted by Crippen LogP contribution is 2.29. The molecular weight excluding hydrogens is 400 g/mol. The van der Waals surface area contributed by atoms with E-state index in [1.54, 1.807) is 0 Å². The fourth-order valence-electron chi connectivity index (χ4n) is 4.04. The first-order valence-electron chi connectivity index (χ1n) is 11.1. The first kappa shape index (κ1) is 21.7. The summed E-state index contributed by atoms with van der Waals surface area (Å²) in [5.41, 5.74) is 5.35. The van der Waals surface area contributed by atoms with E-state index < -0.39 is 0 Å². The minimum absolute atomic E-state index is 0.0709. The fraction of sp³-hybridized carbons (Fsp3) is 0.360. The fourth-order valence-corrected chi connectivity index (χ4v) is 4.04. The number of aromatic nitrogens is 6. The lowest BCUT2D eigenvalue weighted by Gasteiger charge is -2.11. The number of nitrogens with one attached hydrogen (secondary N) is 1. The third-order valence-corrected chi connectivity index (χ3v) is 5.44. The first-order valence-corrected chi connectivity index (χ1v) is 11.1. The van der Waals surface area contributed by atoms with Crippen LogP contribution in [0.3, 0.4) is 0 Å². The molecule has 0 radical (unpaired) electrons. The molecule has 2 aromatic carbocycles. The number of rotatable bonds is 8. The predicted molar refractivity (Wildman–Crippen MR) is 126 cm³/mol. The van der Waals surface area contributed by atoms with E-state index in [-0.39, 0.29) is 5.69 Å². The lowest BCUT2D eigenvalue weighted by Crippen LogP contribution is -2.27. The molecule has 2 aromatic heterocycles. The van der Waals surface area contributed by atoms with E-state index in [2.05, 4.69) is 78.7 Å². The molecule has 1 N–H and O–H groups in total. The Morgan fingerprint density at radius 1 is 0.938 bits per heavy atom. The van der Waals surface area contributed by atoms with Crippen LogP contribution in [0.2, 0.25) is 0 Å². The average Bonchev–Trinajstić information content (AvgIpc) is 3.39. The van der Waals surface area contributed by atoms with Crippen molar-refractivity contribution in [2.75, 3.05) is 0 Å². The van der Waals surface area contributed by atoms with Crippen LogP contribution in [0, 0.1) is 11.8 Å². The van der Waals surface area contributed by atoms with Gasteiger partial charge in [0.25, 0.3) is 0 Å². The van der Waals surface area contributed by atoms with Gasteiger partial charge >= 0.3 is 5.69 Å². The molecule has 0 bridgehead atoms. The average molecular weight is 431 g/mol. The summed E-state index contributed by atoms with van der Waals surface area (Å²) < 4.78 is 3.78. The van der Waals surface area contributed by atoms with Crippen LogP contribution in [0.4, 0.5) is 0 Å². The van der Waals surface area contributed by atoms with Crippen LogP contribution in [0.25, 0.3) is 22.5 Å². The SMILES string of the molecule is CC(C)Cc1cn(CC(C)C)c(=O)n1Cc1ccc(-c2ccccc2-c2nnn[nH]2)cc1. The van der Waals surface area contributed by atoms with Gasteiger partial charge in [-0.05, 0) is 45.4 Å². The number of benzene rings is 2. The van der Waals surface area contributed by atoms with Gasteiger partial charge in [0.1, 0.15) is 0 Å². The highest BCUT2D eigenvalue weighted by molar-refractivity contribution is 5.80. The Hall–Kier alpha value is -3.48. The van der Waals surface area contributed by atoms with Crippen molar-refractivity contribution in [2.45, 2.75) is 47.2 Å². The Morgan fingerprint density at radius 2 is 1.66 bits per heavy atom. The Balaban J connectivity index is 1.63. The predicted octanol–water partition coefficient (Wildman–Crippen LogP) is 4.40. The summed E-state index contributed by atoms with van der Waals surface area (Å²) in [6, 6.07) is 16.4. The van der Waals surface area contributed by atoms with E-state index in [0.29, 0.717) is 24.2 Å². The topological polar surface area (TPSA) is 81.4 Å². The molecule has 32 heavy (non-hydrogen) atoms. The third kappa shape index (κ3) is 4.72. The van der Waals surface area contributed by atoms with Crippen molar-refractivity contribution < 1.29 is 0 Å². The molecule has 2 heterocycles. The Kier molecular flexibility index (Phi) is 6.35. The van der Waals surface area contributed by atoms with Crippen LogP contribution in [0.1, 0.15) is 39.0 Å². The van der Waals surface area contributed by atoms with Gasteiger partial charge in [-0.2, -0.15) is 0 Å². The summed E-state index contributed by atoms with van der Waals surface area (Å²) in [4.78, 5) is 13.1. The zero-order valence-corrected chi connectivity index (χ0v) is 19.1. The molecule has 0 saturated carbocycles. The minimum atomic E-state index is 0.0709. The number of nitrogens with zero attached hydrogens (tertiary/aromatic N) is 5. The molecule has 0 atom stereocenters. The lowest BCUT2D eigenvalue weighted by atomic mass is 9.98. The largest absolute Gasteiger partial charge is 0.328 e. The normalized spacial score (nSPS) is 11.6. The van der Waals surface area contributed by atoms with Gasteiger partial charge in [-0.25, -0.2) is 9.89 Å². The second kappa shape index (κ2) is 9.34. The number of hydrogen-bond donors (Lipinski definition) is 1. The highest BCUT2D eigenvalue weighted by Gasteiger charge is 2.15. The van der Waals surface area contributed by atoms with Crippen molar-refractivity contribution in [2.24, 2.45) is 11.8 Å². The number of hydrogen-bond acceptors (Lipinski definition) is 4. The van der Waals surface area contributed by atoms with Crippen molar-refractivity contribution >= 4 is 0 Å². The van der Waals surface area contributed by atoms with Gasteiger partial charge in [-0.15, -0.1) is 5.10 Å². The summed E-state index contributed by atoms with van der Waals surface area (Å²) in [6.07, 6.45) is 2.93. The zero-order chi connectivity index (χ0) is 22.7. The maximum absolute atomic E-state index is 13.1. The summed E-state index contributed by atoms with van der Waals surface area (Å²) in [7, 11) is 0. The summed E-state index contributed by atoms with van der Waals surface area (Å²) in [5, 5.41) is 14.3. The molecule has 0 fully saturated rings. The van der Waals surface area contributed by atoms with Crippen LogP contribution in [0.5, 0.6) is 0 Å². The molecule has 4 rings (SSSR count). The highest BCUT2D eigenvalue weighted by atomic mass is 16.1. The van der Waals surface area contributed by atoms with Crippen LogP contribution in [0.15, 0.2) is 59.5 Å². The molecule has 0 spiro atoms. The van der Waals surface area contributed by atoms with Crippen LogP contribution in [-0.4, -0.2) is 29.8 Å². The van der Waals surface area contributed by atoms with E-state index in [9.17, 15) is 4.79 Å². The van der Waals surface area contributed by atoms with Crippen molar-refractivity contribution in [3.8, 4) is 22.5 Å². The number of imidazole rings is 1. The summed E-state index contributed by atoms with van der Waals surface area (Å²) in [6.45, 7) is 9.95. The molecule has 0 aliphatic heterocycles. The van der Waals surface area contributed by atoms with Crippen molar-refractivity contribution in [3.63, 3.8) is 0 Å². The first-order chi connectivity index (χ1) is 15.4. The van der Waals surface area contributed by atoms with Gasteiger partial charge in [0.2, 0.25) is 0 Å². The molecule has 4 aromatic rings. The van der Waals surface area contributed by atoms with Crippen molar-refractivity contribution in [1.82, 2.24) is 29.8 Å². The van der Waals surface area contributed by atoms with Crippen LogP contribution < -0.4 is 5.69 Å². The third-order valence-electron chi connectivity index (χ3n) is 5.44. The monoisotopic (exact) mass is 430 g/mol. The Bertz CT molecular complexity index is 1220. The second-order valence-corrected chi connectivity index (χ2v) is 9.13. The van der Waals surface area contributed by atoms with Crippen molar-refractivity contribution in [3.05, 3.63) is 76.5 Å². The maximum Gasteiger partial charge on any atom is 0.328 e. The quantitative estimate of drug-likeness (QED) is 0.449. The molecule has 7 heteroatoms. The Morgan fingerprint density at radius 3 is 2.28 bits per heavy atom. The molecule has 166 valence electrons. The van der Waals surface area contributed by atoms with Crippen LogP contribution in [-0.2, 0) is 19.5 Å². The molecule has 7 nitrogen and oxygen atoms in total. The van der Waals surface area contributed by atoms with E-state index >= 15 is 0 Å². The van der Waals surface area contributed by atoms with Gasteiger partial charge in [0.05, 0.1) is 6.54 Å². The van der Waals surface area contributed by atoms with Crippen molar-refractivity contribution in [1.29, 1.82) is 0 Å². The molecule has 0 unspecified atom stereocenters. The summed E-state index contributed by atoms with van der Waals surface area (Å²) in [5.74, 6) is 1.55. The zero-order valence-electron chi connectivity index (χ0n) is 19.1. The molecular formula is C25H30N6O. The Labute approximate surface area is 188 Å². The van der Waals surface area contributed by atoms with Gasteiger partial charge < -0.3 is 0 Å². The van der Waals surface area contributed by atoms with Gasteiger partial charge in [0, 0.05) is 24.0 Å². The number of aromatic amines is 1. The van der Waals surface area contributed by atoms with Gasteiger partial charge in [-0.3, -0.25) is 9.13 Å². The van der Waals surface area contributed by atoms with E-state index in [1.165, 1.54) is 0 Å². The van der Waals surface area contributed by atoms with E-state index in [4.69, 9.17) is 0 Å².